The van der Waals surface area contributed by atoms with Crippen molar-refractivity contribution in [2.24, 2.45) is 0 Å². The molecule has 2 heterocycles. The molecule has 0 spiro atoms. The fraction of sp³-hybridized carbons (Fsp3) is 0.211. The highest BCUT2D eigenvalue weighted by Crippen LogP contribution is 2.23. The first-order chi connectivity index (χ1) is 12.2. The number of benzene rings is 2. The molecule has 2 aromatic carbocycles. The summed E-state index contributed by atoms with van der Waals surface area (Å²) in [6.45, 7) is 4.82. The first-order valence-corrected chi connectivity index (χ1v) is 8.31. The van der Waals surface area contributed by atoms with E-state index in [-0.39, 0.29) is 0 Å². The lowest BCUT2D eigenvalue weighted by Crippen LogP contribution is -2.10. The summed E-state index contributed by atoms with van der Waals surface area (Å²) in [7, 11) is 0. The number of rotatable bonds is 5. The molecule has 0 radical (unpaired) electrons. The van der Waals surface area contributed by atoms with Crippen molar-refractivity contribution < 1.29 is 4.42 Å². The van der Waals surface area contributed by atoms with Gasteiger partial charge in [-0.3, -0.25) is 0 Å². The molecule has 0 aliphatic rings. The van der Waals surface area contributed by atoms with Gasteiger partial charge in [-0.2, -0.15) is 0 Å². The summed E-state index contributed by atoms with van der Waals surface area (Å²) in [4.78, 5) is 4.72. The molecule has 4 aromatic rings. The Labute approximate surface area is 145 Å². The van der Waals surface area contributed by atoms with Crippen LogP contribution >= 0.6 is 0 Å². The van der Waals surface area contributed by atoms with Crippen LogP contribution in [-0.4, -0.2) is 19.7 Å². The van der Waals surface area contributed by atoms with Crippen molar-refractivity contribution >= 4 is 17.0 Å². The zero-order valence-corrected chi connectivity index (χ0v) is 14.2. The number of nitrogens with one attached hydrogen (secondary N) is 1. The highest BCUT2D eigenvalue weighted by Gasteiger charge is 2.14. The molecule has 0 saturated carbocycles. The number of para-hydroxylation sites is 2. The third kappa shape index (κ3) is 2.98. The van der Waals surface area contributed by atoms with E-state index >= 15 is 0 Å². The maximum atomic E-state index is 5.70. The number of hydrogen-bond acceptors (Lipinski definition) is 5. The monoisotopic (exact) mass is 333 g/mol. The number of anilines is 1. The maximum absolute atomic E-state index is 5.70. The predicted octanol–water partition coefficient (Wildman–Crippen LogP) is 4.28. The van der Waals surface area contributed by atoms with E-state index < -0.39 is 0 Å². The van der Waals surface area contributed by atoms with Crippen molar-refractivity contribution in [2.75, 3.05) is 5.32 Å². The van der Waals surface area contributed by atoms with Gasteiger partial charge in [-0.05, 0) is 38.1 Å². The summed E-state index contributed by atoms with van der Waals surface area (Å²) in [5.74, 6) is 1.44. The number of aromatic nitrogens is 4. The molecule has 25 heavy (non-hydrogen) atoms. The van der Waals surface area contributed by atoms with Crippen LogP contribution in [0.2, 0.25) is 0 Å². The molecule has 2 aromatic heterocycles. The van der Waals surface area contributed by atoms with E-state index in [1.807, 2.05) is 48.5 Å². The first-order valence-electron chi connectivity index (χ1n) is 8.31. The van der Waals surface area contributed by atoms with E-state index in [2.05, 4.69) is 40.0 Å². The van der Waals surface area contributed by atoms with Gasteiger partial charge >= 0.3 is 6.01 Å². The average molecular weight is 333 g/mol. The number of hydrogen-bond donors (Lipinski definition) is 1. The molecule has 0 fully saturated rings. The molecule has 0 aliphatic heterocycles. The van der Waals surface area contributed by atoms with Gasteiger partial charge in [0.05, 0.1) is 17.6 Å². The van der Waals surface area contributed by atoms with E-state index in [9.17, 15) is 0 Å². The summed E-state index contributed by atoms with van der Waals surface area (Å²) in [5.41, 5.74) is 3.02. The largest absolute Gasteiger partial charge is 0.403 e. The standard InChI is InChI=1S/C19H19N5O/c1-13(2)24-16-11-7-6-10-15(16)21-17(24)12-20-19-23-22-18(25-19)14-8-4-3-5-9-14/h3-11,13H,12H2,1-2H3,(H,20,23). The minimum atomic E-state index is 0.312. The van der Waals surface area contributed by atoms with Crippen LogP contribution < -0.4 is 5.32 Å². The third-order valence-corrected chi connectivity index (χ3v) is 4.03. The van der Waals surface area contributed by atoms with Crippen molar-refractivity contribution in [3.63, 3.8) is 0 Å². The van der Waals surface area contributed by atoms with Gasteiger partial charge in [0, 0.05) is 11.6 Å². The lowest BCUT2D eigenvalue weighted by Gasteiger charge is -2.12. The fourth-order valence-electron chi connectivity index (χ4n) is 2.94. The van der Waals surface area contributed by atoms with Crippen LogP contribution in [0.1, 0.15) is 25.7 Å². The number of fused-ring (bicyclic) bond motifs is 1. The summed E-state index contributed by atoms with van der Waals surface area (Å²) in [5, 5.41) is 11.3. The molecule has 0 bridgehead atoms. The molecule has 6 heteroatoms. The van der Waals surface area contributed by atoms with E-state index in [0.717, 1.165) is 22.4 Å². The van der Waals surface area contributed by atoms with E-state index in [0.29, 0.717) is 24.5 Å². The summed E-state index contributed by atoms with van der Waals surface area (Å²) < 4.78 is 7.91. The van der Waals surface area contributed by atoms with Gasteiger partial charge in [-0.1, -0.05) is 35.4 Å². The normalized spacial score (nSPS) is 11.3. The van der Waals surface area contributed by atoms with Crippen LogP contribution in [0.4, 0.5) is 6.01 Å². The highest BCUT2D eigenvalue weighted by molar-refractivity contribution is 5.76. The number of imidazole rings is 1. The lowest BCUT2D eigenvalue weighted by atomic mass is 10.2. The Balaban J connectivity index is 1.57. The molecule has 0 atom stereocenters. The topological polar surface area (TPSA) is 68.8 Å². The SMILES string of the molecule is CC(C)n1c(CNc2nnc(-c3ccccc3)o2)nc2ccccc21. The Hall–Kier alpha value is -3.15. The fourth-order valence-corrected chi connectivity index (χ4v) is 2.94. The maximum Gasteiger partial charge on any atom is 0.316 e. The van der Waals surface area contributed by atoms with Crippen molar-refractivity contribution in [3.8, 4) is 11.5 Å². The van der Waals surface area contributed by atoms with Gasteiger partial charge in [0.2, 0.25) is 5.89 Å². The number of nitrogens with zero attached hydrogens (tertiary/aromatic N) is 4. The summed E-state index contributed by atoms with van der Waals surface area (Å²) in [6, 6.07) is 18.6. The molecule has 126 valence electrons. The second-order valence-corrected chi connectivity index (χ2v) is 6.11. The average Bonchev–Trinajstić information content (AvgIpc) is 3.25. The van der Waals surface area contributed by atoms with E-state index in [1.54, 1.807) is 0 Å². The van der Waals surface area contributed by atoms with Gasteiger partial charge in [0.15, 0.2) is 0 Å². The first kappa shape index (κ1) is 15.4. The van der Waals surface area contributed by atoms with Crippen molar-refractivity contribution in [1.82, 2.24) is 19.7 Å². The Morgan fingerprint density at radius 3 is 2.56 bits per heavy atom. The van der Waals surface area contributed by atoms with Gasteiger partial charge in [0.1, 0.15) is 5.82 Å². The molecule has 1 N–H and O–H groups in total. The molecule has 0 amide bonds. The van der Waals surface area contributed by atoms with Crippen LogP contribution in [0.3, 0.4) is 0 Å². The second-order valence-electron chi connectivity index (χ2n) is 6.11. The Morgan fingerprint density at radius 1 is 1.00 bits per heavy atom. The van der Waals surface area contributed by atoms with Crippen LogP contribution in [0.5, 0.6) is 0 Å². The molecule has 0 unspecified atom stereocenters. The Bertz CT molecular complexity index is 987. The van der Waals surface area contributed by atoms with Gasteiger partial charge < -0.3 is 14.3 Å². The van der Waals surface area contributed by atoms with Crippen molar-refractivity contribution in [1.29, 1.82) is 0 Å². The van der Waals surface area contributed by atoms with Gasteiger partial charge in [-0.15, -0.1) is 5.10 Å². The second kappa shape index (κ2) is 6.39. The zero-order chi connectivity index (χ0) is 17.2. The summed E-state index contributed by atoms with van der Waals surface area (Å²) in [6.07, 6.45) is 0. The molecular weight excluding hydrogens is 314 g/mol. The van der Waals surface area contributed by atoms with Crippen molar-refractivity contribution in [2.45, 2.75) is 26.4 Å². The quantitative estimate of drug-likeness (QED) is 0.590. The zero-order valence-electron chi connectivity index (χ0n) is 14.2. The van der Waals surface area contributed by atoms with Crippen LogP contribution in [-0.2, 0) is 6.54 Å². The molecule has 0 aliphatic carbocycles. The van der Waals surface area contributed by atoms with Gasteiger partial charge in [-0.25, -0.2) is 4.98 Å². The predicted molar refractivity (Wildman–Crippen MR) is 97.2 cm³/mol. The van der Waals surface area contributed by atoms with Crippen LogP contribution in [0.25, 0.3) is 22.5 Å². The molecule has 6 nitrogen and oxygen atoms in total. The lowest BCUT2D eigenvalue weighted by molar-refractivity contribution is 0.566. The molecular formula is C19H19N5O. The van der Waals surface area contributed by atoms with Crippen molar-refractivity contribution in [3.05, 3.63) is 60.4 Å². The summed E-state index contributed by atoms with van der Waals surface area (Å²) >= 11 is 0. The van der Waals surface area contributed by atoms with Gasteiger partial charge in [0.25, 0.3) is 0 Å². The Morgan fingerprint density at radius 2 is 1.76 bits per heavy atom. The minimum absolute atomic E-state index is 0.312. The molecule has 4 rings (SSSR count). The van der Waals surface area contributed by atoms with E-state index in [1.165, 1.54) is 0 Å². The Kier molecular flexibility index (Phi) is 3.93. The third-order valence-electron chi connectivity index (χ3n) is 4.03. The van der Waals surface area contributed by atoms with Crippen LogP contribution in [0.15, 0.2) is 59.0 Å². The minimum Gasteiger partial charge on any atom is -0.403 e. The van der Waals surface area contributed by atoms with E-state index in [4.69, 9.17) is 9.40 Å². The highest BCUT2D eigenvalue weighted by atomic mass is 16.4. The smallest absolute Gasteiger partial charge is 0.316 e. The molecule has 0 saturated heterocycles. The van der Waals surface area contributed by atoms with Crippen LogP contribution in [0, 0.1) is 0 Å².